The molecule has 0 aliphatic heterocycles. The first-order valence-electron chi connectivity index (χ1n) is 9.30. The summed E-state index contributed by atoms with van der Waals surface area (Å²) in [6.45, 7) is 12.5. The smallest absolute Gasteiger partial charge is 0.505 e. The van der Waals surface area contributed by atoms with Crippen LogP contribution < -0.4 is 0 Å². The molecule has 2 nitrogen and oxygen atoms in total. The summed E-state index contributed by atoms with van der Waals surface area (Å²) >= 11 is 0. The average molecular weight is 384 g/mol. The second-order valence-corrected chi connectivity index (χ2v) is 8.91. The van der Waals surface area contributed by atoms with E-state index in [-0.39, 0.29) is 22.4 Å². The van der Waals surface area contributed by atoms with Crippen molar-refractivity contribution in [1.82, 2.24) is 0 Å². The van der Waals surface area contributed by atoms with Crippen molar-refractivity contribution in [3.8, 4) is 0 Å². The molecule has 0 bridgehead atoms. The number of hydrogen-bond donors (Lipinski definition) is 0. The molecule has 0 spiro atoms. The average Bonchev–Trinajstić information content (AvgIpc) is 2.59. The fourth-order valence-electron chi connectivity index (χ4n) is 2.75. The Labute approximate surface area is 166 Å². The van der Waals surface area contributed by atoms with Crippen LogP contribution in [0.15, 0.2) is 54.6 Å². The summed E-state index contributed by atoms with van der Waals surface area (Å²) in [5, 5.41) is 0. The van der Waals surface area contributed by atoms with Crippen LogP contribution in [0.4, 0.5) is 8.63 Å². The lowest BCUT2D eigenvalue weighted by atomic mass is 9.86. The molecule has 5 heteroatoms. The highest BCUT2D eigenvalue weighted by Crippen LogP contribution is 2.26. The van der Waals surface area contributed by atoms with E-state index < -0.39 is 7.47 Å². The molecular weight excluding hydrogens is 357 g/mol. The molecule has 0 unspecified atom stereocenters. The number of rotatable bonds is 5. The first kappa shape index (κ1) is 21.9. The van der Waals surface area contributed by atoms with Crippen molar-refractivity contribution in [3.63, 3.8) is 0 Å². The highest BCUT2D eigenvalue weighted by Gasteiger charge is 2.22. The topological polar surface area (TPSA) is 26.3 Å². The van der Waals surface area contributed by atoms with E-state index >= 15 is 0 Å². The van der Waals surface area contributed by atoms with E-state index in [0.29, 0.717) is 11.1 Å². The van der Waals surface area contributed by atoms with Gasteiger partial charge in [-0.05, 0) is 22.0 Å². The molecule has 0 atom stereocenters. The highest BCUT2D eigenvalue weighted by atomic mass is 19.2. The van der Waals surface area contributed by atoms with Gasteiger partial charge in [-0.15, -0.1) is 0 Å². The Kier molecular flexibility index (Phi) is 6.48. The van der Waals surface area contributed by atoms with E-state index in [2.05, 4.69) is 46.2 Å². The van der Waals surface area contributed by atoms with Crippen LogP contribution in [-0.4, -0.2) is 13.3 Å². The predicted octanol–water partition coefficient (Wildman–Crippen LogP) is 6.45. The van der Waals surface area contributed by atoms with Crippen molar-refractivity contribution in [1.29, 1.82) is 0 Å². The summed E-state index contributed by atoms with van der Waals surface area (Å²) in [5.74, 6) is -0.517. The molecule has 0 aliphatic carbocycles. The molecule has 0 radical (unpaired) electrons. The van der Waals surface area contributed by atoms with Gasteiger partial charge < -0.3 is 4.65 Å². The maximum atomic E-state index is 12.9. The molecule has 0 saturated heterocycles. The van der Waals surface area contributed by atoms with E-state index in [0.717, 1.165) is 17.2 Å². The molecule has 0 amide bonds. The van der Waals surface area contributed by atoms with Crippen LogP contribution in [0.2, 0.25) is 0 Å². The largest absolute Gasteiger partial charge is 0.796 e. The van der Waals surface area contributed by atoms with Crippen molar-refractivity contribution in [2.24, 2.45) is 0 Å². The van der Waals surface area contributed by atoms with Gasteiger partial charge in [-0.1, -0.05) is 90.1 Å². The molecule has 2 aromatic carbocycles. The Hall–Kier alpha value is -2.43. The van der Waals surface area contributed by atoms with E-state index in [1.807, 2.05) is 24.3 Å². The number of carbonyl (C=O) groups is 1. The Bertz CT molecular complexity index is 840. The van der Waals surface area contributed by atoms with Crippen LogP contribution in [0.1, 0.15) is 68.6 Å². The fourth-order valence-corrected chi connectivity index (χ4v) is 2.75. The number of carbonyl (C=O) groups excluding carboxylic acids is 1. The summed E-state index contributed by atoms with van der Waals surface area (Å²) in [6.07, 6.45) is 1.13. The normalized spacial score (nSPS) is 12.6. The minimum atomic E-state index is -3.01. The Morgan fingerprint density at radius 3 is 1.54 bits per heavy atom. The van der Waals surface area contributed by atoms with Crippen molar-refractivity contribution in [2.75, 3.05) is 0 Å². The van der Waals surface area contributed by atoms with Crippen molar-refractivity contribution >= 4 is 19.0 Å². The maximum absolute atomic E-state index is 12.9. The highest BCUT2D eigenvalue weighted by molar-refractivity contribution is 6.36. The summed E-state index contributed by atoms with van der Waals surface area (Å²) in [6, 6.07) is 14.3. The summed E-state index contributed by atoms with van der Waals surface area (Å²) < 4.78 is 30.4. The van der Waals surface area contributed by atoms with Gasteiger partial charge in [-0.2, -0.15) is 0 Å². The number of ketones is 1. The lowest BCUT2D eigenvalue weighted by Crippen LogP contribution is -2.12. The van der Waals surface area contributed by atoms with Gasteiger partial charge in [0.1, 0.15) is 5.76 Å². The summed E-state index contributed by atoms with van der Waals surface area (Å²) in [7, 11) is -3.01. The molecule has 2 rings (SSSR count). The first-order chi connectivity index (χ1) is 12.9. The van der Waals surface area contributed by atoms with Crippen LogP contribution in [0.25, 0.3) is 5.76 Å². The van der Waals surface area contributed by atoms with E-state index in [4.69, 9.17) is 0 Å². The van der Waals surface area contributed by atoms with Crippen molar-refractivity contribution in [2.45, 2.75) is 52.4 Å². The lowest BCUT2D eigenvalue weighted by molar-refractivity contribution is 0.104. The van der Waals surface area contributed by atoms with Gasteiger partial charge in [0.05, 0.1) is 0 Å². The SMILES string of the molecule is CC(C)(C)c1ccc(C(=O)/C=C(\OB(F)F)c2ccc(C(C)(C)C)cc2)cc1. The molecule has 148 valence electrons. The zero-order valence-electron chi connectivity index (χ0n) is 17.3. The third-order valence-corrected chi connectivity index (χ3v) is 4.55. The third kappa shape index (κ3) is 5.78. The van der Waals surface area contributed by atoms with Crippen molar-refractivity contribution < 1.29 is 18.1 Å². The van der Waals surface area contributed by atoms with Crippen LogP contribution in [0.5, 0.6) is 0 Å². The molecule has 0 fully saturated rings. The van der Waals surface area contributed by atoms with Gasteiger partial charge in [0.15, 0.2) is 5.78 Å². The summed E-state index contributed by atoms with van der Waals surface area (Å²) in [5.41, 5.74) is 2.93. The molecular formula is C23H27BF2O2. The van der Waals surface area contributed by atoms with Crippen LogP contribution in [0, 0.1) is 0 Å². The Morgan fingerprint density at radius 2 is 1.18 bits per heavy atom. The quantitative estimate of drug-likeness (QED) is 0.256. The number of halogens is 2. The second kappa shape index (κ2) is 8.30. The standard InChI is InChI=1S/C23H27BF2O2/c1-22(2,3)18-11-7-16(8-12-18)20(27)15-21(28-24(25)26)17-9-13-19(14-10-17)23(4,5)6/h7-15H,1-6H3/b21-15-. The molecule has 28 heavy (non-hydrogen) atoms. The van der Waals surface area contributed by atoms with Gasteiger partial charge >= 0.3 is 7.47 Å². The number of benzene rings is 2. The third-order valence-electron chi connectivity index (χ3n) is 4.55. The minimum Gasteiger partial charge on any atom is -0.505 e. The molecule has 2 aromatic rings. The number of hydrogen-bond acceptors (Lipinski definition) is 2. The predicted molar refractivity (Wildman–Crippen MR) is 112 cm³/mol. The van der Waals surface area contributed by atoms with Gasteiger partial charge in [0.25, 0.3) is 0 Å². The zero-order valence-corrected chi connectivity index (χ0v) is 17.3. The van der Waals surface area contributed by atoms with E-state index in [1.54, 1.807) is 24.3 Å². The maximum Gasteiger partial charge on any atom is 0.796 e. The molecule has 0 aromatic heterocycles. The van der Waals surface area contributed by atoms with E-state index in [1.165, 1.54) is 0 Å². The van der Waals surface area contributed by atoms with Crippen LogP contribution in [0.3, 0.4) is 0 Å². The van der Waals surface area contributed by atoms with Crippen LogP contribution in [-0.2, 0) is 15.5 Å². The second-order valence-electron chi connectivity index (χ2n) is 8.91. The Balaban J connectivity index is 2.34. The Morgan fingerprint density at radius 1 is 0.786 bits per heavy atom. The van der Waals surface area contributed by atoms with Gasteiger partial charge in [-0.3, -0.25) is 4.79 Å². The molecule has 0 heterocycles. The van der Waals surface area contributed by atoms with Crippen molar-refractivity contribution in [3.05, 3.63) is 76.9 Å². The van der Waals surface area contributed by atoms with E-state index in [9.17, 15) is 13.4 Å². The fraction of sp³-hybridized carbons (Fsp3) is 0.348. The first-order valence-corrected chi connectivity index (χ1v) is 9.30. The monoisotopic (exact) mass is 384 g/mol. The number of allylic oxidation sites excluding steroid dienone is 1. The molecule has 0 saturated carbocycles. The molecule has 0 aliphatic rings. The zero-order chi connectivity index (χ0) is 21.1. The van der Waals surface area contributed by atoms with Gasteiger partial charge in [0, 0.05) is 17.2 Å². The van der Waals surface area contributed by atoms with Crippen LogP contribution >= 0.6 is 0 Å². The van der Waals surface area contributed by atoms with Gasteiger partial charge in [0.2, 0.25) is 0 Å². The molecule has 0 N–H and O–H groups in total. The summed E-state index contributed by atoms with van der Waals surface area (Å²) in [4.78, 5) is 12.6. The lowest BCUT2D eigenvalue weighted by Gasteiger charge is -2.19. The van der Waals surface area contributed by atoms with Gasteiger partial charge in [-0.25, -0.2) is 8.63 Å². The minimum absolute atomic E-state index is 0.0316.